The smallest absolute Gasteiger partial charge is 0.416 e. The summed E-state index contributed by atoms with van der Waals surface area (Å²) in [6.45, 7) is 0.0334. The third-order valence-electron chi connectivity index (χ3n) is 3.43. The molecule has 0 saturated carbocycles. The van der Waals surface area contributed by atoms with Gasteiger partial charge in [0.05, 0.1) is 12.1 Å². The van der Waals surface area contributed by atoms with E-state index in [0.29, 0.717) is 11.3 Å². The topological polar surface area (TPSA) is 64.6 Å². The van der Waals surface area contributed by atoms with Crippen LogP contribution in [0.5, 0.6) is 5.75 Å². The third kappa shape index (κ3) is 7.53. The lowest BCUT2D eigenvalue weighted by Gasteiger charge is -2.07. The minimum atomic E-state index is -4.42. The summed E-state index contributed by atoms with van der Waals surface area (Å²) in [5, 5.41) is 2.53. The van der Waals surface area contributed by atoms with Gasteiger partial charge in [0.2, 0.25) is 0 Å². The summed E-state index contributed by atoms with van der Waals surface area (Å²) in [7, 11) is 0. The maximum atomic E-state index is 12.5. The Labute approximate surface area is 159 Å². The number of benzene rings is 2. The molecule has 1 N–H and O–H groups in total. The molecule has 0 atom stereocenters. The quantitative estimate of drug-likeness (QED) is 0.424. The summed E-state index contributed by atoms with van der Waals surface area (Å²) >= 11 is 0. The van der Waals surface area contributed by atoms with Crippen molar-refractivity contribution in [2.45, 2.75) is 6.18 Å². The van der Waals surface area contributed by atoms with Crippen LogP contribution in [0, 0.1) is 0 Å². The van der Waals surface area contributed by atoms with E-state index in [9.17, 15) is 22.8 Å². The molecule has 1 amide bonds. The Balaban J connectivity index is 1.65. The molecule has 2 aromatic carbocycles. The van der Waals surface area contributed by atoms with Crippen molar-refractivity contribution in [3.63, 3.8) is 0 Å². The second-order valence-electron chi connectivity index (χ2n) is 5.57. The molecule has 28 heavy (non-hydrogen) atoms. The van der Waals surface area contributed by atoms with Crippen molar-refractivity contribution < 1.29 is 32.2 Å². The Hall–Kier alpha value is -3.29. The van der Waals surface area contributed by atoms with Crippen LogP contribution in [0.4, 0.5) is 13.2 Å². The van der Waals surface area contributed by atoms with Gasteiger partial charge < -0.3 is 14.8 Å². The van der Waals surface area contributed by atoms with Gasteiger partial charge in [-0.25, -0.2) is 4.79 Å². The van der Waals surface area contributed by atoms with Crippen molar-refractivity contribution >= 4 is 18.0 Å². The number of esters is 1. The molecule has 2 aromatic rings. The van der Waals surface area contributed by atoms with E-state index in [-0.39, 0.29) is 13.2 Å². The van der Waals surface area contributed by atoms with Crippen molar-refractivity contribution in [1.29, 1.82) is 0 Å². The van der Waals surface area contributed by atoms with Gasteiger partial charge in [0, 0.05) is 6.08 Å². The van der Waals surface area contributed by atoms with Crippen LogP contribution in [0.3, 0.4) is 0 Å². The molecule has 0 aromatic heterocycles. The predicted octanol–water partition coefficient (Wildman–Crippen LogP) is 3.46. The molecule has 0 radical (unpaired) electrons. The van der Waals surface area contributed by atoms with Gasteiger partial charge >= 0.3 is 12.1 Å². The second kappa shape index (κ2) is 10.1. The SMILES string of the molecule is O=C(COC(=O)/C=C/c1ccc(C(F)(F)F)cc1)NCCOc1ccccc1. The fourth-order valence-electron chi connectivity index (χ4n) is 2.06. The lowest BCUT2D eigenvalue weighted by Crippen LogP contribution is -2.31. The van der Waals surface area contributed by atoms with Gasteiger partial charge in [-0.05, 0) is 35.9 Å². The number of carbonyl (C=O) groups excluding carboxylic acids is 2. The van der Waals surface area contributed by atoms with Gasteiger partial charge in [0.1, 0.15) is 12.4 Å². The monoisotopic (exact) mass is 393 g/mol. The van der Waals surface area contributed by atoms with Gasteiger partial charge in [-0.15, -0.1) is 0 Å². The highest BCUT2D eigenvalue weighted by atomic mass is 19.4. The molecule has 0 bridgehead atoms. The van der Waals surface area contributed by atoms with E-state index >= 15 is 0 Å². The zero-order valence-electron chi connectivity index (χ0n) is 14.7. The number of halogens is 3. The average molecular weight is 393 g/mol. The zero-order valence-corrected chi connectivity index (χ0v) is 14.7. The maximum Gasteiger partial charge on any atom is 0.416 e. The highest BCUT2D eigenvalue weighted by Crippen LogP contribution is 2.29. The molecule has 2 rings (SSSR count). The Morgan fingerprint density at radius 3 is 2.32 bits per heavy atom. The first-order valence-corrected chi connectivity index (χ1v) is 8.31. The van der Waals surface area contributed by atoms with Crippen LogP contribution >= 0.6 is 0 Å². The summed E-state index contributed by atoms with van der Waals surface area (Å²) in [4.78, 5) is 23.2. The molecule has 0 unspecified atom stereocenters. The van der Waals surface area contributed by atoms with E-state index < -0.39 is 30.2 Å². The van der Waals surface area contributed by atoms with E-state index in [4.69, 9.17) is 9.47 Å². The van der Waals surface area contributed by atoms with Crippen molar-refractivity contribution in [2.75, 3.05) is 19.8 Å². The molecule has 0 aliphatic rings. The fourth-order valence-corrected chi connectivity index (χ4v) is 2.06. The van der Waals surface area contributed by atoms with Gasteiger partial charge in [-0.2, -0.15) is 13.2 Å². The molecule has 0 aliphatic heterocycles. The molecule has 0 saturated heterocycles. The first-order valence-electron chi connectivity index (χ1n) is 8.31. The third-order valence-corrected chi connectivity index (χ3v) is 3.43. The molecule has 0 fully saturated rings. The minimum Gasteiger partial charge on any atom is -0.492 e. The molecule has 0 spiro atoms. The first kappa shape index (κ1) is 21.0. The number of amides is 1. The maximum absolute atomic E-state index is 12.5. The number of carbonyl (C=O) groups is 2. The second-order valence-corrected chi connectivity index (χ2v) is 5.57. The number of alkyl halides is 3. The van der Waals surface area contributed by atoms with Gasteiger partial charge in [-0.3, -0.25) is 4.79 Å². The van der Waals surface area contributed by atoms with Crippen LogP contribution in [0.15, 0.2) is 60.7 Å². The number of hydrogen-bond donors (Lipinski definition) is 1. The highest BCUT2D eigenvalue weighted by molar-refractivity contribution is 5.89. The molecular weight excluding hydrogens is 375 g/mol. The van der Waals surface area contributed by atoms with Crippen LogP contribution in [0.25, 0.3) is 6.08 Å². The van der Waals surface area contributed by atoms with Crippen LogP contribution in [-0.4, -0.2) is 31.6 Å². The zero-order chi connectivity index (χ0) is 20.4. The highest BCUT2D eigenvalue weighted by Gasteiger charge is 2.29. The number of rotatable bonds is 8. The summed E-state index contributed by atoms with van der Waals surface area (Å²) in [6.07, 6.45) is -2.08. The number of ether oxygens (including phenoxy) is 2. The van der Waals surface area contributed by atoms with Crippen molar-refractivity contribution in [2.24, 2.45) is 0 Å². The van der Waals surface area contributed by atoms with Crippen LogP contribution < -0.4 is 10.1 Å². The first-order chi connectivity index (χ1) is 13.3. The van der Waals surface area contributed by atoms with Crippen molar-refractivity contribution in [1.82, 2.24) is 5.32 Å². The van der Waals surface area contributed by atoms with E-state index in [1.807, 2.05) is 18.2 Å². The molecule has 0 aliphatic carbocycles. The lowest BCUT2D eigenvalue weighted by atomic mass is 10.1. The summed E-state index contributed by atoms with van der Waals surface area (Å²) in [6, 6.07) is 13.4. The van der Waals surface area contributed by atoms with E-state index in [0.717, 1.165) is 18.2 Å². The molecule has 5 nitrogen and oxygen atoms in total. The normalized spacial score (nSPS) is 11.2. The predicted molar refractivity (Wildman–Crippen MR) is 96.4 cm³/mol. The number of hydrogen-bond acceptors (Lipinski definition) is 4. The van der Waals surface area contributed by atoms with Crippen LogP contribution in [-0.2, 0) is 20.5 Å². The summed E-state index contributed by atoms with van der Waals surface area (Å²) < 4.78 is 47.6. The Bertz CT molecular complexity index is 802. The largest absolute Gasteiger partial charge is 0.492 e. The van der Waals surface area contributed by atoms with Crippen molar-refractivity contribution in [3.8, 4) is 5.75 Å². The van der Waals surface area contributed by atoms with Gasteiger partial charge in [0.25, 0.3) is 5.91 Å². The molecular formula is C20H18F3NO4. The standard InChI is InChI=1S/C20H18F3NO4/c21-20(22,23)16-9-6-15(7-10-16)8-11-19(26)28-14-18(25)24-12-13-27-17-4-2-1-3-5-17/h1-11H,12-14H2,(H,24,25)/b11-8+. The molecule has 148 valence electrons. The van der Waals surface area contributed by atoms with Gasteiger partial charge in [-0.1, -0.05) is 30.3 Å². The van der Waals surface area contributed by atoms with Gasteiger partial charge in [0.15, 0.2) is 6.61 Å². The average Bonchev–Trinajstić information content (AvgIpc) is 2.68. The van der Waals surface area contributed by atoms with Crippen LogP contribution in [0.2, 0.25) is 0 Å². The number of para-hydroxylation sites is 1. The summed E-state index contributed by atoms with van der Waals surface area (Å²) in [5.41, 5.74) is -0.382. The van der Waals surface area contributed by atoms with Crippen molar-refractivity contribution in [3.05, 3.63) is 71.8 Å². The fraction of sp³-hybridized carbons (Fsp3) is 0.200. The minimum absolute atomic E-state index is 0.243. The van der Waals surface area contributed by atoms with E-state index in [1.54, 1.807) is 12.1 Å². The molecule has 0 heterocycles. The Kier molecular flexibility index (Phi) is 7.62. The summed E-state index contributed by atoms with van der Waals surface area (Å²) in [5.74, 6) is -0.597. The van der Waals surface area contributed by atoms with E-state index in [1.165, 1.54) is 18.2 Å². The Morgan fingerprint density at radius 2 is 1.68 bits per heavy atom. The molecule has 8 heteroatoms. The lowest BCUT2D eigenvalue weighted by molar-refractivity contribution is -0.143. The number of nitrogens with one attached hydrogen (secondary N) is 1. The Morgan fingerprint density at radius 1 is 1.00 bits per heavy atom. The van der Waals surface area contributed by atoms with E-state index in [2.05, 4.69) is 5.32 Å². The van der Waals surface area contributed by atoms with Crippen LogP contribution in [0.1, 0.15) is 11.1 Å².